The average molecular weight is 186 g/mol. The molecule has 1 atom stereocenters. The van der Waals surface area contributed by atoms with E-state index in [9.17, 15) is 4.39 Å². The fourth-order valence-corrected chi connectivity index (χ4v) is 1.06. The predicted octanol–water partition coefficient (Wildman–Crippen LogP) is 1.40. The second-order valence-corrected chi connectivity index (χ2v) is 2.58. The lowest BCUT2D eigenvalue weighted by atomic mass is 10.1. The fraction of sp³-hybridized carbons (Fsp3) is 0.333. The topological polar surface area (TPSA) is 49.7 Å². The van der Waals surface area contributed by atoms with Crippen LogP contribution in [0.1, 0.15) is 11.7 Å². The number of alkyl halides is 1. The standard InChI is InChI=1S/C9H11FO3/c1-13-9-4-6(12)2-3-7(9)8(10)5-11/h2-4,8,11-12H,5H2,1H3. The largest absolute Gasteiger partial charge is 0.508 e. The zero-order valence-corrected chi connectivity index (χ0v) is 7.20. The average Bonchev–Trinajstić information content (AvgIpc) is 2.16. The minimum Gasteiger partial charge on any atom is -0.508 e. The molecule has 0 fully saturated rings. The second-order valence-electron chi connectivity index (χ2n) is 2.58. The lowest BCUT2D eigenvalue weighted by molar-refractivity contribution is 0.176. The van der Waals surface area contributed by atoms with Gasteiger partial charge in [-0.1, -0.05) is 0 Å². The summed E-state index contributed by atoms with van der Waals surface area (Å²) < 4.78 is 17.9. The number of aromatic hydroxyl groups is 1. The van der Waals surface area contributed by atoms with E-state index in [2.05, 4.69) is 0 Å². The number of aliphatic hydroxyl groups excluding tert-OH is 1. The van der Waals surface area contributed by atoms with Crippen molar-refractivity contribution in [2.75, 3.05) is 13.7 Å². The molecule has 0 heterocycles. The Hall–Kier alpha value is -1.29. The van der Waals surface area contributed by atoms with Crippen LogP contribution in [-0.4, -0.2) is 23.9 Å². The minimum atomic E-state index is -1.48. The van der Waals surface area contributed by atoms with Gasteiger partial charge in [0.05, 0.1) is 13.7 Å². The van der Waals surface area contributed by atoms with Crippen molar-refractivity contribution in [3.8, 4) is 11.5 Å². The molecule has 0 spiro atoms. The van der Waals surface area contributed by atoms with Crippen LogP contribution < -0.4 is 4.74 Å². The molecular weight excluding hydrogens is 175 g/mol. The first-order chi connectivity index (χ1) is 6.19. The molecule has 2 N–H and O–H groups in total. The molecule has 1 aromatic rings. The van der Waals surface area contributed by atoms with Crippen LogP contribution in [0.25, 0.3) is 0 Å². The van der Waals surface area contributed by atoms with E-state index in [1.165, 1.54) is 25.3 Å². The smallest absolute Gasteiger partial charge is 0.152 e. The first-order valence-corrected chi connectivity index (χ1v) is 3.81. The number of hydrogen-bond acceptors (Lipinski definition) is 3. The first-order valence-electron chi connectivity index (χ1n) is 3.81. The molecule has 3 nitrogen and oxygen atoms in total. The summed E-state index contributed by atoms with van der Waals surface area (Å²) in [4.78, 5) is 0. The molecule has 4 heteroatoms. The van der Waals surface area contributed by atoms with Crippen LogP contribution in [-0.2, 0) is 0 Å². The van der Waals surface area contributed by atoms with E-state index in [-0.39, 0.29) is 17.1 Å². The van der Waals surface area contributed by atoms with E-state index in [0.29, 0.717) is 0 Å². The van der Waals surface area contributed by atoms with Crippen molar-refractivity contribution in [3.63, 3.8) is 0 Å². The Labute approximate surface area is 75.4 Å². The van der Waals surface area contributed by atoms with E-state index in [0.717, 1.165) is 0 Å². The van der Waals surface area contributed by atoms with Crippen LogP contribution >= 0.6 is 0 Å². The zero-order chi connectivity index (χ0) is 9.84. The monoisotopic (exact) mass is 186 g/mol. The van der Waals surface area contributed by atoms with Crippen molar-refractivity contribution in [1.82, 2.24) is 0 Å². The van der Waals surface area contributed by atoms with E-state index in [4.69, 9.17) is 14.9 Å². The Bertz CT molecular complexity index is 288. The Kier molecular flexibility index (Phi) is 3.08. The van der Waals surface area contributed by atoms with Gasteiger partial charge < -0.3 is 14.9 Å². The number of hydrogen-bond donors (Lipinski definition) is 2. The Morgan fingerprint density at radius 3 is 2.77 bits per heavy atom. The van der Waals surface area contributed by atoms with Crippen molar-refractivity contribution in [2.24, 2.45) is 0 Å². The summed E-state index contributed by atoms with van der Waals surface area (Å²) in [7, 11) is 1.38. The number of ether oxygens (including phenoxy) is 1. The number of methoxy groups -OCH3 is 1. The highest BCUT2D eigenvalue weighted by Crippen LogP contribution is 2.30. The third kappa shape index (κ3) is 2.09. The van der Waals surface area contributed by atoms with Crippen LogP contribution in [0.4, 0.5) is 4.39 Å². The normalized spacial score (nSPS) is 12.5. The Morgan fingerprint density at radius 2 is 2.23 bits per heavy atom. The molecule has 0 bridgehead atoms. The van der Waals surface area contributed by atoms with Crippen molar-refractivity contribution in [3.05, 3.63) is 23.8 Å². The van der Waals surface area contributed by atoms with Gasteiger partial charge in [-0.05, 0) is 12.1 Å². The summed E-state index contributed by atoms with van der Waals surface area (Å²) in [5.74, 6) is 0.243. The second kappa shape index (κ2) is 4.09. The van der Waals surface area contributed by atoms with Crippen LogP contribution in [0.2, 0.25) is 0 Å². The molecule has 0 aliphatic heterocycles. The van der Waals surface area contributed by atoms with Crippen LogP contribution in [0.5, 0.6) is 11.5 Å². The van der Waals surface area contributed by atoms with Gasteiger partial charge in [0.1, 0.15) is 11.5 Å². The molecular formula is C9H11FO3. The van der Waals surface area contributed by atoms with Gasteiger partial charge in [0.25, 0.3) is 0 Å². The van der Waals surface area contributed by atoms with E-state index in [1.807, 2.05) is 0 Å². The van der Waals surface area contributed by atoms with Gasteiger partial charge in [-0.25, -0.2) is 4.39 Å². The fourth-order valence-electron chi connectivity index (χ4n) is 1.06. The summed E-state index contributed by atoms with van der Waals surface area (Å²) in [6.45, 7) is -0.596. The van der Waals surface area contributed by atoms with Crippen LogP contribution in [0.3, 0.4) is 0 Å². The summed E-state index contributed by atoms with van der Waals surface area (Å²) in [5, 5.41) is 17.6. The maximum atomic E-state index is 13.0. The minimum absolute atomic E-state index is 0.00531. The summed E-state index contributed by atoms with van der Waals surface area (Å²) in [6.07, 6.45) is -1.48. The highest BCUT2D eigenvalue weighted by atomic mass is 19.1. The zero-order valence-electron chi connectivity index (χ0n) is 7.20. The van der Waals surface area contributed by atoms with Gasteiger partial charge in [-0.15, -0.1) is 0 Å². The number of benzene rings is 1. The van der Waals surface area contributed by atoms with Crippen LogP contribution in [0, 0.1) is 0 Å². The van der Waals surface area contributed by atoms with E-state index >= 15 is 0 Å². The lowest BCUT2D eigenvalue weighted by Crippen LogP contribution is -2.00. The summed E-state index contributed by atoms with van der Waals surface area (Å²) in [5.41, 5.74) is 0.239. The Balaban J connectivity index is 3.05. The van der Waals surface area contributed by atoms with Gasteiger partial charge >= 0.3 is 0 Å². The van der Waals surface area contributed by atoms with Crippen molar-refractivity contribution >= 4 is 0 Å². The van der Waals surface area contributed by atoms with Crippen molar-refractivity contribution in [1.29, 1.82) is 0 Å². The molecule has 0 radical (unpaired) electrons. The summed E-state index contributed by atoms with van der Waals surface area (Å²) >= 11 is 0. The number of halogens is 1. The SMILES string of the molecule is COc1cc(O)ccc1C(F)CO. The maximum Gasteiger partial charge on any atom is 0.152 e. The van der Waals surface area contributed by atoms with E-state index < -0.39 is 12.8 Å². The number of aliphatic hydroxyl groups is 1. The molecule has 1 unspecified atom stereocenters. The molecule has 0 aliphatic rings. The lowest BCUT2D eigenvalue weighted by Gasteiger charge is -2.10. The number of rotatable bonds is 3. The van der Waals surface area contributed by atoms with Gasteiger partial charge in [0.2, 0.25) is 0 Å². The molecule has 1 rings (SSSR count). The van der Waals surface area contributed by atoms with Crippen molar-refractivity contribution < 1.29 is 19.3 Å². The third-order valence-electron chi connectivity index (χ3n) is 1.71. The molecule has 0 saturated carbocycles. The Morgan fingerprint density at radius 1 is 1.54 bits per heavy atom. The molecule has 0 aliphatic carbocycles. The van der Waals surface area contributed by atoms with Gasteiger partial charge in [0.15, 0.2) is 6.17 Å². The highest BCUT2D eigenvalue weighted by Gasteiger charge is 2.14. The molecule has 13 heavy (non-hydrogen) atoms. The third-order valence-corrected chi connectivity index (χ3v) is 1.71. The van der Waals surface area contributed by atoms with Crippen LogP contribution in [0.15, 0.2) is 18.2 Å². The summed E-state index contributed by atoms with van der Waals surface area (Å²) in [6, 6.07) is 4.03. The molecule has 0 saturated heterocycles. The quantitative estimate of drug-likeness (QED) is 0.750. The van der Waals surface area contributed by atoms with E-state index in [1.54, 1.807) is 0 Å². The molecule has 1 aromatic carbocycles. The highest BCUT2D eigenvalue weighted by molar-refractivity contribution is 5.41. The number of phenolic OH excluding ortho intramolecular Hbond substituents is 1. The molecule has 72 valence electrons. The maximum absolute atomic E-state index is 13.0. The van der Waals surface area contributed by atoms with Crippen molar-refractivity contribution in [2.45, 2.75) is 6.17 Å². The van der Waals surface area contributed by atoms with Gasteiger partial charge in [0, 0.05) is 11.6 Å². The number of phenols is 1. The molecule has 0 aromatic heterocycles. The molecule has 0 amide bonds. The van der Waals surface area contributed by atoms with Gasteiger partial charge in [-0.3, -0.25) is 0 Å². The predicted molar refractivity (Wildman–Crippen MR) is 45.6 cm³/mol. The first kappa shape index (κ1) is 9.80. The van der Waals surface area contributed by atoms with Gasteiger partial charge in [-0.2, -0.15) is 0 Å².